The Morgan fingerprint density at radius 2 is 1.27 bits per heavy atom. The van der Waals surface area contributed by atoms with Crippen LogP contribution in [0.5, 0.6) is 0 Å². The highest BCUT2D eigenvalue weighted by Gasteiger charge is 2.86. The molecule has 2 aromatic carbocycles. The Morgan fingerprint density at radius 1 is 0.758 bits per heavy atom. The third-order valence-electron chi connectivity index (χ3n) is 5.08. The fourth-order valence-electron chi connectivity index (χ4n) is 3.39. The van der Waals surface area contributed by atoms with Gasteiger partial charge in [-0.3, -0.25) is 0 Å². The van der Waals surface area contributed by atoms with E-state index in [0.717, 1.165) is 12.1 Å². The number of halogens is 10. The number of rotatable bonds is 6. The van der Waals surface area contributed by atoms with E-state index in [1.165, 1.54) is 24.3 Å². The fraction of sp³-hybridized carbons (Fsp3) is 0.444. The Balaban J connectivity index is 2.14. The maximum atomic E-state index is 14.2. The summed E-state index contributed by atoms with van der Waals surface area (Å²) in [5.41, 5.74) is 0. The average Bonchev–Trinajstić information content (AvgIpc) is 3.15. The molecule has 1 aliphatic rings. The Labute approximate surface area is 182 Å². The van der Waals surface area contributed by atoms with Crippen LogP contribution in [0.1, 0.15) is 12.8 Å². The van der Waals surface area contributed by atoms with E-state index in [9.17, 15) is 52.3 Å². The van der Waals surface area contributed by atoms with Crippen LogP contribution >= 0.6 is 10.3 Å². The summed E-state index contributed by atoms with van der Waals surface area (Å²) in [4.78, 5) is -0.137. The standard InChI is InChI=1S/C18H14F10O3S2/c19-13-7-8-14(12-6-2-1-5-11(12)13)32(9-3-4-10-32)31-33(29,30)18(27,28)16(22,23)15(20,21)17(24,25)26/h1-2,5-8H,3-4,9-10H2. The summed E-state index contributed by atoms with van der Waals surface area (Å²) in [7, 11) is -10.5. The fourth-order valence-corrected chi connectivity index (χ4v) is 9.26. The van der Waals surface area contributed by atoms with E-state index in [1.54, 1.807) is 0 Å². The van der Waals surface area contributed by atoms with E-state index < -0.39 is 49.5 Å². The second-order valence-corrected chi connectivity index (χ2v) is 12.0. The van der Waals surface area contributed by atoms with Gasteiger partial charge in [0.2, 0.25) is 0 Å². The molecule has 0 saturated carbocycles. The normalized spacial score (nSPS) is 19.1. The van der Waals surface area contributed by atoms with Crippen molar-refractivity contribution < 1.29 is 56.0 Å². The van der Waals surface area contributed by atoms with Crippen molar-refractivity contribution in [3.8, 4) is 0 Å². The van der Waals surface area contributed by atoms with Crippen LogP contribution in [0.4, 0.5) is 43.9 Å². The first kappa shape index (κ1) is 25.9. The summed E-state index contributed by atoms with van der Waals surface area (Å²) >= 11 is 0. The molecule has 0 spiro atoms. The van der Waals surface area contributed by atoms with Crippen LogP contribution in [-0.4, -0.2) is 43.2 Å². The van der Waals surface area contributed by atoms with Crippen molar-refractivity contribution in [1.29, 1.82) is 0 Å². The lowest BCUT2D eigenvalue weighted by molar-refractivity contribution is -0.382. The summed E-state index contributed by atoms with van der Waals surface area (Å²) in [6.07, 6.45) is -6.88. The number of hydrogen-bond donors (Lipinski definition) is 0. The summed E-state index contributed by atoms with van der Waals surface area (Å²) in [6.45, 7) is 0. The van der Waals surface area contributed by atoms with Crippen LogP contribution < -0.4 is 0 Å². The van der Waals surface area contributed by atoms with E-state index in [1.807, 2.05) is 0 Å². The molecule has 3 rings (SSSR count). The lowest BCUT2D eigenvalue weighted by Gasteiger charge is -2.38. The second-order valence-electron chi connectivity index (χ2n) is 7.20. The van der Waals surface area contributed by atoms with Gasteiger partial charge in [0.1, 0.15) is 5.82 Å². The smallest absolute Gasteiger partial charge is 0.211 e. The van der Waals surface area contributed by atoms with Gasteiger partial charge in [-0.05, 0) is 30.4 Å². The Kier molecular flexibility index (Phi) is 6.20. The van der Waals surface area contributed by atoms with Gasteiger partial charge in [0.05, 0.1) is 0 Å². The largest absolute Gasteiger partial charge is 0.460 e. The molecular formula is C18H14F10O3S2. The number of fused-ring (bicyclic) bond motifs is 1. The van der Waals surface area contributed by atoms with Crippen LogP contribution in [0.25, 0.3) is 10.8 Å². The highest BCUT2D eigenvalue weighted by molar-refractivity contribution is 8.33. The van der Waals surface area contributed by atoms with Crippen LogP contribution in [0.2, 0.25) is 0 Å². The van der Waals surface area contributed by atoms with Crippen molar-refractivity contribution in [3.63, 3.8) is 0 Å². The van der Waals surface area contributed by atoms with Gasteiger partial charge in [0, 0.05) is 21.8 Å². The molecule has 0 amide bonds. The van der Waals surface area contributed by atoms with Gasteiger partial charge < -0.3 is 0 Å². The Morgan fingerprint density at radius 3 is 1.79 bits per heavy atom. The lowest BCUT2D eigenvalue weighted by Crippen LogP contribution is -2.63. The topological polar surface area (TPSA) is 43.4 Å². The van der Waals surface area contributed by atoms with E-state index in [2.05, 4.69) is 3.63 Å². The summed E-state index contributed by atoms with van der Waals surface area (Å²) in [5, 5.41) is -7.03. The molecular weight excluding hydrogens is 518 g/mol. The van der Waals surface area contributed by atoms with Crippen molar-refractivity contribution in [3.05, 3.63) is 42.2 Å². The van der Waals surface area contributed by atoms with Crippen LogP contribution in [0.15, 0.2) is 41.3 Å². The minimum atomic E-state index is -7.39. The Hall–Kier alpha value is -1.74. The maximum absolute atomic E-state index is 14.2. The molecule has 0 unspecified atom stereocenters. The minimum absolute atomic E-state index is 0.000276. The molecule has 0 N–H and O–H groups in total. The van der Waals surface area contributed by atoms with Gasteiger partial charge in [0.15, 0.2) is 0 Å². The average molecular weight is 532 g/mol. The second kappa shape index (κ2) is 7.90. The monoisotopic (exact) mass is 532 g/mol. The number of hydrogen-bond acceptors (Lipinski definition) is 3. The van der Waals surface area contributed by atoms with E-state index >= 15 is 0 Å². The predicted octanol–water partition coefficient (Wildman–Crippen LogP) is 6.62. The molecule has 0 atom stereocenters. The summed E-state index contributed by atoms with van der Waals surface area (Å²) in [5.74, 6) is -16.2. The SMILES string of the molecule is O=S(=O)(OS1(c2ccc(F)c3ccccc23)CCCC1)C(F)(F)C(F)(F)C(F)(F)C(F)(F)F. The van der Waals surface area contributed by atoms with Gasteiger partial charge in [0.25, 0.3) is 0 Å². The van der Waals surface area contributed by atoms with Gasteiger partial charge in [-0.2, -0.15) is 47.9 Å². The molecule has 1 aliphatic heterocycles. The molecule has 15 heteroatoms. The van der Waals surface area contributed by atoms with Crippen molar-refractivity contribution >= 4 is 31.2 Å². The highest BCUT2D eigenvalue weighted by Crippen LogP contribution is 2.66. The van der Waals surface area contributed by atoms with E-state index in [-0.39, 0.29) is 40.0 Å². The quantitative estimate of drug-likeness (QED) is 0.393. The van der Waals surface area contributed by atoms with Gasteiger partial charge >= 0.3 is 33.4 Å². The highest BCUT2D eigenvalue weighted by atomic mass is 32.3. The molecule has 0 radical (unpaired) electrons. The molecule has 0 bridgehead atoms. The van der Waals surface area contributed by atoms with Crippen LogP contribution in [-0.2, 0) is 13.7 Å². The van der Waals surface area contributed by atoms with Gasteiger partial charge in [-0.1, -0.05) is 34.6 Å². The molecule has 0 aliphatic carbocycles. The molecule has 3 nitrogen and oxygen atoms in total. The Bertz CT molecular complexity index is 1160. The zero-order valence-electron chi connectivity index (χ0n) is 16.1. The van der Waals surface area contributed by atoms with Gasteiger partial charge in [-0.15, -0.1) is 0 Å². The summed E-state index contributed by atoms with van der Waals surface area (Å²) in [6, 6.07) is 7.17. The first-order chi connectivity index (χ1) is 14.9. The van der Waals surface area contributed by atoms with Crippen LogP contribution in [0, 0.1) is 5.82 Å². The maximum Gasteiger partial charge on any atom is 0.460 e. The molecule has 1 fully saturated rings. The first-order valence-electron chi connectivity index (χ1n) is 9.03. The molecule has 33 heavy (non-hydrogen) atoms. The lowest BCUT2D eigenvalue weighted by atomic mass is 10.1. The molecule has 186 valence electrons. The minimum Gasteiger partial charge on any atom is -0.211 e. The first-order valence-corrected chi connectivity index (χ1v) is 12.3. The van der Waals surface area contributed by atoms with Crippen molar-refractivity contribution in [2.45, 2.75) is 41.0 Å². The third-order valence-corrected chi connectivity index (χ3v) is 10.8. The van der Waals surface area contributed by atoms with Gasteiger partial charge in [-0.25, -0.2) is 8.02 Å². The van der Waals surface area contributed by atoms with Crippen LogP contribution in [0.3, 0.4) is 0 Å². The molecule has 1 heterocycles. The summed E-state index contributed by atoms with van der Waals surface area (Å²) < 4.78 is 163. The van der Waals surface area contributed by atoms with E-state index in [4.69, 9.17) is 0 Å². The number of alkyl halides is 9. The number of benzene rings is 2. The zero-order chi connectivity index (χ0) is 25.1. The van der Waals surface area contributed by atoms with Crippen molar-refractivity contribution in [2.75, 3.05) is 11.5 Å². The molecule has 2 aromatic rings. The zero-order valence-corrected chi connectivity index (χ0v) is 17.7. The van der Waals surface area contributed by atoms with Crippen molar-refractivity contribution in [2.24, 2.45) is 0 Å². The van der Waals surface area contributed by atoms with Crippen molar-refractivity contribution in [1.82, 2.24) is 0 Å². The molecule has 1 saturated heterocycles. The van der Waals surface area contributed by atoms with E-state index in [0.29, 0.717) is 0 Å². The predicted molar refractivity (Wildman–Crippen MR) is 99.6 cm³/mol. The molecule has 0 aromatic heterocycles. The third kappa shape index (κ3) is 3.85.